The quantitative estimate of drug-likeness (QED) is 0.759. The molecule has 6 nitrogen and oxygen atoms in total. The molecule has 1 amide bonds. The third kappa shape index (κ3) is 6.36. The van der Waals surface area contributed by atoms with E-state index in [-0.39, 0.29) is 5.91 Å². The minimum atomic E-state index is 0.0314. The van der Waals surface area contributed by atoms with Gasteiger partial charge in [-0.05, 0) is 19.8 Å². The van der Waals surface area contributed by atoms with Gasteiger partial charge in [0.05, 0.1) is 6.61 Å². The van der Waals surface area contributed by atoms with Crippen LogP contribution in [0.2, 0.25) is 0 Å². The molecule has 1 rings (SSSR count). The summed E-state index contributed by atoms with van der Waals surface area (Å²) in [4.78, 5) is 20.0. The molecule has 0 fully saturated rings. The number of nitrogens with zero attached hydrogens (tertiary/aromatic N) is 2. The standard InChI is InChI=1S/C14H24N4O2/c1-5-20-13-8-11(4)17-14(18-13)15-7-6-12(19)16-9-10(2)3/h8,10H,5-7,9H2,1-4H3,(H,16,19)(H,15,17,18). The van der Waals surface area contributed by atoms with Crippen LogP contribution in [0.25, 0.3) is 0 Å². The van der Waals surface area contributed by atoms with Crippen LogP contribution < -0.4 is 15.4 Å². The van der Waals surface area contributed by atoms with Gasteiger partial charge in [0.15, 0.2) is 0 Å². The van der Waals surface area contributed by atoms with E-state index >= 15 is 0 Å². The fourth-order valence-corrected chi connectivity index (χ4v) is 1.53. The number of hydrogen-bond acceptors (Lipinski definition) is 5. The number of ether oxygens (including phenoxy) is 1. The zero-order valence-electron chi connectivity index (χ0n) is 12.7. The molecule has 0 bridgehead atoms. The Bertz CT molecular complexity index is 435. The van der Waals surface area contributed by atoms with Crippen LogP contribution in [-0.4, -0.2) is 35.6 Å². The molecule has 112 valence electrons. The summed E-state index contributed by atoms with van der Waals surface area (Å²) in [5, 5.41) is 5.91. The molecule has 0 spiro atoms. The highest BCUT2D eigenvalue weighted by Crippen LogP contribution is 2.11. The Morgan fingerprint density at radius 3 is 2.80 bits per heavy atom. The molecule has 1 aromatic heterocycles. The minimum Gasteiger partial charge on any atom is -0.478 e. The summed E-state index contributed by atoms with van der Waals surface area (Å²) < 4.78 is 5.35. The van der Waals surface area contributed by atoms with Gasteiger partial charge in [0.2, 0.25) is 17.7 Å². The van der Waals surface area contributed by atoms with Crippen molar-refractivity contribution in [1.29, 1.82) is 0 Å². The smallest absolute Gasteiger partial charge is 0.226 e. The molecule has 0 saturated heterocycles. The minimum absolute atomic E-state index is 0.0314. The summed E-state index contributed by atoms with van der Waals surface area (Å²) in [5.41, 5.74) is 0.829. The number of aryl methyl sites for hydroxylation is 1. The van der Waals surface area contributed by atoms with E-state index in [1.165, 1.54) is 0 Å². The van der Waals surface area contributed by atoms with E-state index in [1.54, 1.807) is 6.07 Å². The molecular weight excluding hydrogens is 256 g/mol. The molecule has 0 aliphatic rings. The predicted molar refractivity (Wildman–Crippen MR) is 78.9 cm³/mol. The average molecular weight is 280 g/mol. The van der Waals surface area contributed by atoms with Crippen LogP contribution in [-0.2, 0) is 4.79 Å². The highest BCUT2D eigenvalue weighted by molar-refractivity contribution is 5.76. The fourth-order valence-electron chi connectivity index (χ4n) is 1.53. The van der Waals surface area contributed by atoms with Crippen LogP contribution in [0.1, 0.15) is 32.9 Å². The van der Waals surface area contributed by atoms with Crippen molar-refractivity contribution in [3.05, 3.63) is 11.8 Å². The first-order chi connectivity index (χ1) is 9.51. The van der Waals surface area contributed by atoms with Gasteiger partial charge in [-0.2, -0.15) is 4.98 Å². The van der Waals surface area contributed by atoms with E-state index in [0.717, 1.165) is 5.69 Å². The number of rotatable bonds is 8. The lowest BCUT2D eigenvalue weighted by molar-refractivity contribution is -0.120. The van der Waals surface area contributed by atoms with Gasteiger partial charge in [0.1, 0.15) is 0 Å². The molecule has 1 aromatic rings. The van der Waals surface area contributed by atoms with Crippen molar-refractivity contribution in [1.82, 2.24) is 15.3 Å². The van der Waals surface area contributed by atoms with Crippen LogP contribution in [0.5, 0.6) is 5.88 Å². The first kappa shape index (κ1) is 16.2. The summed E-state index contributed by atoms with van der Waals surface area (Å²) in [6.45, 7) is 9.68. The summed E-state index contributed by atoms with van der Waals surface area (Å²) in [6, 6.07) is 1.78. The van der Waals surface area contributed by atoms with E-state index < -0.39 is 0 Å². The molecule has 0 aliphatic heterocycles. The van der Waals surface area contributed by atoms with Crippen molar-refractivity contribution < 1.29 is 9.53 Å². The summed E-state index contributed by atoms with van der Waals surface area (Å²) >= 11 is 0. The maximum Gasteiger partial charge on any atom is 0.226 e. The lowest BCUT2D eigenvalue weighted by Crippen LogP contribution is -2.28. The van der Waals surface area contributed by atoms with Gasteiger partial charge < -0.3 is 15.4 Å². The van der Waals surface area contributed by atoms with Gasteiger partial charge in [-0.25, -0.2) is 4.98 Å². The largest absolute Gasteiger partial charge is 0.478 e. The molecule has 0 saturated carbocycles. The molecule has 0 aromatic carbocycles. The third-order valence-electron chi connectivity index (χ3n) is 2.47. The van der Waals surface area contributed by atoms with Crippen molar-refractivity contribution in [2.24, 2.45) is 5.92 Å². The number of amides is 1. The third-order valence-corrected chi connectivity index (χ3v) is 2.47. The van der Waals surface area contributed by atoms with Crippen LogP contribution in [0.4, 0.5) is 5.95 Å². The molecule has 0 unspecified atom stereocenters. The highest BCUT2D eigenvalue weighted by atomic mass is 16.5. The molecular formula is C14H24N4O2. The zero-order valence-corrected chi connectivity index (χ0v) is 12.7. The second kappa shape index (κ2) is 8.35. The van der Waals surface area contributed by atoms with Crippen molar-refractivity contribution >= 4 is 11.9 Å². The Labute approximate surface area is 120 Å². The van der Waals surface area contributed by atoms with Gasteiger partial charge in [-0.3, -0.25) is 4.79 Å². The van der Waals surface area contributed by atoms with Gasteiger partial charge in [-0.1, -0.05) is 13.8 Å². The number of carbonyl (C=O) groups excluding carboxylic acids is 1. The molecule has 6 heteroatoms. The topological polar surface area (TPSA) is 76.1 Å². The van der Waals surface area contributed by atoms with Crippen molar-refractivity contribution in [2.75, 3.05) is 25.0 Å². The first-order valence-corrected chi connectivity index (χ1v) is 7.00. The van der Waals surface area contributed by atoms with Crippen molar-refractivity contribution in [3.8, 4) is 5.88 Å². The number of aromatic nitrogens is 2. The van der Waals surface area contributed by atoms with Gasteiger partial charge >= 0.3 is 0 Å². The lowest BCUT2D eigenvalue weighted by Gasteiger charge is -2.09. The average Bonchev–Trinajstić information content (AvgIpc) is 2.36. The molecule has 0 radical (unpaired) electrons. The normalized spacial score (nSPS) is 10.4. The number of nitrogens with one attached hydrogen (secondary N) is 2. The second-order valence-electron chi connectivity index (χ2n) is 4.98. The van der Waals surface area contributed by atoms with Crippen LogP contribution in [0.15, 0.2) is 6.07 Å². The Kier molecular flexibility index (Phi) is 6.76. The number of anilines is 1. The molecule has 0 aliphatic carbocycles. The maximum absolute atomic E-state index is 11.6. The number of carbonyl (C=O) groups is 1. The molecule has 1 heterocycles. The summed E-state index contributed by atoms with van der Waals surface area (Å²) in [7, 11) is 0. The van der Waals surface area contributed by atoms with Gasteiger partial charge in [0.25, 0.3) is 0 Å². The van der Waals surface area contributed by atoms with Crippen molar-refractivity contribution in [2.45, 2.75) is 34.1 Å². The Morgan fingerprint density at radius 2 is 2.15 bits per heavy atom. The monoisotopic (exact) mass is 280 g/mol. The van der Waals surface area contributed by atoms with E-state index in [0.29, 0.717) is 43.9 Å². The Balaban J connectivity index is 2.39. The molecule has 20 heavy (non-hydrogen) atoms. The second-order valence-corrected chi connectivity index (χ2v) is 4.98. The van der Waals surface area contributed by atoms with E-state index in [9.17, 15) is 4.79 Å². The zero-order chi connectivity index (χ0) is 15.0. The van der Waals surface area contributed by atoms with E-state index in [2.05, 4.69) is 34.4 Å². The SMILES string of the molecule is CCOc1cc(C)nc(NCCC(=O)NCC(C)C)n1. The summed E-state index contributed by atoms with van der Waals surface area (Å²) in [6.07, 6.45) is 0.397. The molecule has 2 N–H and O–H groups in total. The van der Waals surface area contributed by atoms with E-state index in [4.69, 9.17) is 4.74 Å². The van der Waals surface area contributed by atoms with Gasteiger partial charge in [-0.15, -0.1) is 0 Å². The van der Waals surface area contributed by atoms with Crippen LogP contribution in [0, 0.1) is 12.8 Å². The summed E-state index contributed by atoms with van der Waals surface area (Å²) in [5.74, 6) is 1.53. The van der Waals surface area contributed by atoms with E-state index in [1.807, 2.05) is 13.8 Å². The van der Waals surface area contributed by atoms with Crippen LogP contribution in [0.3, 0.4) is 0 Å². The lowest BCUT2D eigenvalue weighted by atomic mass is 10.2. The predicted octanol–water partition coefficient (Wildman–Crippen LogP) is 1.76. The number of hydrogen-bond donors (Lipinski definition) is 2. The fraction of sp³-hybridized carbons (Fsp3) is 0.643. The van der Waals surface area contributed by atoms with Crippen molar-refractivity contribution in [3.63, 3.8) is 0 Å². The first-order valence-electron chi connectivity index (χ1n) is 7.00. The highest BCUT2D eigenvalue weighted by Gasteiger charge is 2.05. The Hall–Kier alpha value is -1.85. The van der Waals surface area contributed by atoms with Crippen LogP contribution >= 0.6 is 0 Å². The molecule has 0 atom stereocenters. The Morgan fingerprint density at radius 1 is 1.40 bits per heavy atom. The van der Waals surface area contributed by atoms with Gasteiger partial charge in [0, 0.05) is 31.3 Å². The maximum atomic E-state index is 11.6.